The van der Waals surface area contributed by atoms with Crippen LogP contribution in [0.3, 0.4) is 0 Å². The van der Waals surface area contributed by atoms with Crippen LogP contribution in [0.25, 0.3) is 0 Å². The quantitative estimate of drug-likeness (QED) is 0.762. The molecule has 0 aromatic rings. The van der Waals surface area contributed by atoms with Crippen LogP contribution in [0.4, 0.5) is 0 Å². The Morgan fingerprint density at radius 1 is 1.13 bits per heavy atom. The third-order valence-electron chi connectivity index (χ3n) is 3.58. The smallest absolute Gasteiger partial charge is 0.0718 e. The SMILES string of the molecule is CC(C)N1CCC(OC2CCNCC2)C1. The molecular weight excluding hydrogens is 188 g/mol. The van der Waals surface area contributed by atoms with Gasteiger partial charge in [0.05, 0.1) is 12.2 Å². The van der Waals surface area contributed by atoms with E-state index in [0.717, 1.165) is 19.6 Å². The fourth-order valence-electron chi connectivity index (χ4n) is 2.54. The molecule has 15 heavy (non-hydrogen) atoms. The van der Waals surface area contributed by atoms with Gasteiger partial charge in [-0.25, -0.2) is 0 Å². The summed E-state index contributed by atoms with van der Waals surface area (Å²) < 4.78 is 6.15. The van der Waals surface area contributed by atoms with Crippen molar-refractivity contribution in [2.75, 3.05) is 26.2 Å². The van der Waals surface area contributed by atoms with Gasteiger partial charge < -0.3 is 10.1 Å². The molecule has 2 heterocycles. The van der Waals surface area contributed by atoms with Gasteiger partial charge in [-0.1, -0.05) is 0 Å². The van der Waals surface area contributed by atoms with Crippen molar-refractivity contribution in [1.82, 2.24) is 10.2 Å². The maximum atomic E-state index is 6.15. The lowest BCUT2D eigenvalue weighted by Gasteiger charge is -2.27. The molecular formula is C12H24N2O. The van der Waals surface area contributed by atoms with Gasteiger partial charge >= 0.3 is 0 Å². The van der Waals surface area contributed by atoms with E-state index in [9.17, 15) is 0 Å². The van der Waals surface area contributed by atoms with Crippen LogP contribution in [0, 0.1) is 0 Å². The molecule has 1 unspecified atom stereocenters. The first kappa shape index (κ1) is 11.4. The summed E-state index contributed by atoms with van der Waals surface area (Å²) in [6.45, 7) is 9.16. The maximum absolute atomic E-state index is 6.15. The molecule has 3 heteroatoms. The standard InChI is InChI=1S/C12H24N2O/c1-10(2)14-8-5-12(9-14)15-11-3-6-13-7-4-11/h10-13H,3-9H2,1-2H3. The van der Waals surface area contributed by atoms with E-state index >= 15 is 0 Å². The third kappa shape index (κ3) is 3.16. The van der Waals surface area contributed by atoms with Gasteiger partial charge in [-0.05, 0) is 46.2 Å². The van der Waals surface area contributed by atoms with Gasteiger partial charge in [0.15, 0.2) is 0 Å². The van der Waals surface area contributed by atoms with E-state index < -0.39 is 0 Å². The number of piperidine rings is 1. The van der Waals surface area contributed by atoms with E-state index in [0.29, 0.717) is 18.2 Å². The molecule has 88 valence electrons. The van der Waals surface area contributed by atoms with E-state index in [4.69, 9.17) is 4.74 Å². The number of rotatable bonds is 3. The van der Waals surface area contributed by atoms with Crippen LogP contribution in [0.2, 0.25) is 0 Å². The van der Waals surface area contributed by atoms with Gasteiger partial charge in [-0.2, -0.15) is 0 Å². The van der Waals surface area contributed by atoms with Crippen LogP contribution in [0.1, 0.15) is 33.1 Å². The Labute approximate surface area is 93.2 Å². The fourth-order valence-corrected chi connectivity index (χ4v) is 2.54. The minimum absolute atomic E-state index is 0.496. The van der Waals surface area contributed by atoms with Crippen LogP contribution in [0.5, 0.6) is 0 Å². The number of hydrogen-bond donors (Lipinski definition) is 1. The van der Waals surface area contributed by atoms with Crippen molar-refractivity contribution < 1.29 is 4.74 Å². The number of ether oxygens (including phenoxy) is 1. The second-order valence-electron chi connectivity index (χ2n) is 5.08. The molecule has 2 saturated heterocycles. The highest BCUT2D eigenvalue weighted by molar-refractivity contribution is 4.80. The topological polar surface area (TPSA) is 24.5 Å². The molecule has 2 fully saturated rings. The Morgan fingerprint density at radius 3 is 2.47 bits per heavy atom. The van der Waals surface area contributed by atoms with Crippen LogP contribution < -0.4 is 5.32 Å². The number of hydrogen-bond acceptors (Lipinski definition) is 3. The molecule has 0 saturated carbocycles. The van der Waals surface area contributed by atoms with Crippen LogP contribution >= 0.6 is 0 Å². The number of nitrogens with one attached hydrogen (secondary N) is 1. The molecule has 0 amide bonds. The lowest BCUT2D eigenvalue weighted by molar-refractivity contribution is -0.0217. The first-order chi connectivity index (χ1) is 7.25. The maximum Gasteiger partial charge on any atom is 0.0718 e. The molecule has 3 nitrogen and oxygen atoms in total. The summed E-state index contributed by atoms with van der Waals surface area (Å²) in [5.74, 6) is 0. The summed E-state index contributed by atoms with van der Waals surface area (Å²) in [7, 11) is 0. The highest BCUT2D eigenvalue weighted by atomic mass is 16.5. The second-order valence-corrected chi connectivity index (χ2v) is 5.08. The third-order valence-corrected chi connectivity index (χ3v) is 3.58. The molecule has 0 aliphatic carbocycles. The van der Waals surface area contributed by atoms with Gasteiger partial charge in [-0.3, -0.25) is 4.90 Å². The van der Waals surface area contributed by atoms with Gasteiger partial charge in [0.25, 0.3) is 0 Å². The molecule has 1 atom stereocenters. The highest BCUT2D eigenvalue weighted by Gasteiger charge is 2.27. The van der Waals surface area contributed by atoms with Gasteiger partial charge in [0.1, 0.15) is 0 Å². The van der Waals surface area contributed by atoms with Gasteiger partial charge in [-0.15, -0.1) is 0 Å². The average molecular weight is 212 g/mol. The molecule has 0 aromatic heterocycles. The first-order valence-electron chi connectivity index (χ1n) is 6.36. The van der Waals surface area contributed by atoms with Crippen molar-refractivity contribution in [2.45, 2.75) is 51.4 Å². The lowest BCUT2D eigenvalue weighted by Crippen LogP contribution is -2.36. The Hall–Kier alpha value is -0.120. The molecule has 0 bridgehead atoms. The summed E-state index contributed by atoms with van der Waals surface area (Å²) in [4.78, 5) is 2.52. The molecule has 2 aliphatic rings. The van der Waals surface area contributed by atoms with Crippen molar-refractivity contribution >= 4 is 0 Å². The van der Waals surface area contributed by atoms with Crippen molar-refractivity contribution in [3.63, 3.8) is 0 Å². The van der Waals surface area contributed by atoms with E-state index in [1.807, 2.05) is 0 Å². The van der Waals surface area contributed by atoms with Crippen molar-refractivity contribution in [3.05, 3.63) is 0 Å². The van der Waals surface area contributed by atoms with E-state index in [1.165, 1.54) is 25.8 Å². The van der Waals surface area contributed by atoms with Crippen molar-refractivity contribution in [1.29, 1.82) is 0 Å². The first-order valence-corrected chi connectivity index (χ1v) is 6.36. The predicted molar refractivity (Wildman–Crippen MR) is 62.1 cm³/mol. The second kappa shape index (κ2) is 5.28. The number of likely N-dealkylation sites (tertiary alicyclic amines) is 1. The summed E-state index contributed by atoms with van der Waals surface area (Å²) in [5.41, 5.74) is 0. The molecule has 0 spiro atoms. The summed E-state index contributed by atoms with van der Waals surface area (Å²) >= 11 is 0. The van der Waals surface area contributed by atoms with Crippen LogP contribution in [-0.2, 0) is 4.74 Å². The summed E-state index contributed by atoms with van der Waals surface area (Å²) in [6.07, 6.45) is 4.62. The van der Waals surface area contributed by atoms with Crippen LogP contribution in [-0.4, -0.2) is 49.3 Å². The van der Waals surface area contributed by atoms with E-state index in [1.54, 1.807) is 0 Å². The van der Waals surface area contributed by atoms with Gasteiger partial charge in [0.2, 0.25) is 0 Å². The predicted octanol–water partition coefficient (Wildman–Crippen LogP) is 1.24. The minimum Gasteiger partial charge on any atom is -0.374 e. The van der Waals surface area contributed by atoms with E-state index in [-0.39, 0.29) is 0 Å². The lowest BCUT2D eigenvalue weighted by atomic mass is 10.1. The Morgan fingerprint density at radius 2 is 1.87 bits per heavy atom. The van der Waals surface area contributed by atoms with Crippen LogP contribution in [0.15, 0.2) is 0 Å². The Bertz CT molecular complexity index is 190. The average Bonchev–Trinajstić information content (AvgIpc) is 2.68. The molecule has 0 aromatic carbocycles. The zero-order valence-electron chi connectivity index (χ0n) is 10.0. The summed E-state index contributed by atoms with van der Waals surface area (Å²) in [6, 6.07) is 0.673. The zero-order chi connectivity index (χ0) is 10.7. The Kier molecular flexibility index (Phi) is 4.00. The van der Waals surface area contributed by atoms with Crippen molar-refractivity contribution in [3.8, 4) is 0 Å². The molecule has 0 radical (unpaired) electrons. The van der Waals surface area contributed by atoms with Gasteiger partial charge in [0, 0.05) is 19.1 Å². The van der Waals surface area contributed by atoms with E-state index in [2.05, 4.69) is 24.1 Å². The molecule has 1 N–H and O–H groups in total. The molecule has 2 aliphatic heterocycles. The fraction of sp³-hybridized carbons (Fsp3) is 1.00. The highest BCUT2D eigenvalue weighted by Crippen LogP contribution is 2.19. The van der Waals surface area contributed by atoms with Crippen molar-refractivity contribution in [2.24, 2.45) is 0 Å². The number of nitrogens with zero attached hydrogens (tertiary/aromatic N) is 1. The minimum atomic E-state index is 0.496. The zero-order valence-corrected chi connectivity index (χ0v) is 10.0. The summed E-state index contributed by atoms with van der Waals surface area (Å²) in [5, 5.41) is 3.38. The monoisotopic (exact) mass is 212 g/mol. The Balaban J connectivity index is 1.71. The molecule has 2 rings (SSSR count). The largest absolute Gasteiger partial charge is 0.374 e. The normalized spacial score (nSPS) is 30.2.